The molecule has 0 fully saturated rings. The first-order valence-corrected chi connectivity index (χ1v) is 7.12. The number of hydrogen-bond donors (Lipinski definition) is 1. The van der Waals surface area contributed by atoms with Crippen LogP contribution in [-0.2, 0) is 6.42 Å². The minimum Gasteiger partial charge on any atom is -0.497 e. The van der Waals surface area contributed by atoms with Gasteiger partial charge < -0.3 is 4.74 Å². The molecule has 1 N–H and O–H groups in total. The topological polar surface area (TPSA) is 33.6 Å². The maximum absolute atomic E-state index is 13.6. The zero-order valence-electron chi connectivity index (χ0n) is 12.2. The van der Waals surface area contributed by atoms with E-state index in [0.29, 0.717) is 0 Å². The number of ether oxygens (including phenoxy) is 1. The number of halogens is 2. The number of benzene rings is 2. The first-order valence-electron chi connectivity index (χ1n) is 7.12. The smallest absolute Gasteiger partial charge is 0.151 e. The van der Waals surface area contributed by atoms with E-state index in [1.54, 1.807) is 7.11 Å². The van der Waals surface area contributed by atoms with Crippen molar-refractivity contribution in [1.82, 2.24) is 0 Å². The average molecular weight is 302 g/mol. The van der Waals surface area contributed by atoms with E-state index in [0.717, 1.165) is 42.4 Å². The van der Waals surface area contributed by atoms with E-state index in [4.69, 9.17) is 4.74 Å². The fraction of sp³-hybridized carbons (Fsp3) is 0.235. The van der Waals surface area contributed by atoms with Gasteiger partial charge in [0.2, 0.25) is 0 Å². The maximum atomic E-state index is 13.6. The number of nitrogens with one attached hydrogen (secondary N) is 1. The second-order valence-corrected chi connectivity index (χ2v) is 5.17. The first-order chi connectivity index (χ1) is 10.7. The van der Waals surface area contributed by atoms with Gasteiger partial charge >= 0.3 is 0 Å². The van der Waals surface area contributed by atoms with Gasteiger partial charge in [-0.25, -0.2) is 8.78 Å². The van der Waals surface area contributed by atoms with Crippen LogP contribution >= 0.6 is 0 Å². The third kappa shape index (κ3) is 2.93. The third-order valence-corrected chi connectivity index (χ3v) is 3.73. The van der Waals surface area contributed by atoms with Gasteiger partial charge in [0.1, 0.15) is 11.6 Å². The average Bonchev–Trinajstić information content (AvgIpc) is 2.53. The van der Waals surface area contributed by atoms with Crippen LogP contribution in [0.15, 0.2) is 41.5 Å². The van der Waals surface area contributed by atoms with Crippen LogP contribution in [0.5, 0.6) is 5.75 Å². The molecular formula is C17H16F2N2O. The number of hydrazone groups is 1. The first kappa shape index (κ1) is 14.5. The van der Waals surface area contributed by atoms with Gasteiger partial charge in [-0.3, -0.25) is 5.43 Å². The van der Waals surface area contributed by atoms with E-state index in [1.165, 1.54) is 17.7 Å². The molecule has 0 atom stereocenters. The van der Waals surface area contributed by atoms with Crippen molar-refractivity contribution in [2.45, 2.75) is 19.3 Å². The minimum atomic E-state index is -0.657. The normalized spacial score (nSPS) is 15.5. The van der Waals surface area contributed by atoms with Crippen LogP contribution in [-0.4, -0.2) is 12.8 Å². The van der Waals surface area contributed by atoms with Crippen molar-refractivity contribution >= 4 is 11.4 Å². The van der Waals surface area contributed by atoms with E-state index in [2.05, 4.69) is 10.5 Å². The summed E-state index contributed by atoms with van der Waals surface area (Å²) in [5.74, 6) is -0.446. The number of rotatable bonds is 3. The number of nitrogens with zero attached hydrogens (tertiary/aromatic N) is 1. The highest BCUT2D eigenvalue weighted by Crippen LogP contribution is 2.26. The Morgan fingerprint density at radius 3 is 2.73 bits per heavy atom. The lowest BCUT2D eigenvalue weighted by atomic mass is 9.90. The molecule has 0 saturated heterocycles. The summed E-state index contributed by atoms with van der Waals surface area (Å²) in [5.41, 5.74) is 5.94. The molecule has 5 heteroatoms. The lowest BCUT2D eigenvalue weighted by molar-refractivity contribution is 0.414. The number of hydrogen-bond acceptors (Lipinski definition) is 3. The molecule has 2 aromatic carbocycles. The summed E-state index contributed by atoms with van der Waals surface area (Å²) in [7, 11) is 1.64. The van der Waals surface area contributed by atoms with Crippen molar-refractivity contribution in [3.8, 4) is 5.75 Å². The quantitative estimate of drug-likeness (QED) is 0.865. The van der Waals surface area contributed by atoms with Gasteiger partial charge in [0.15, 0.2) is 5.82 Å². The molecular weight excluding hydrogens is 286 g/mol. The number of methoxy groups -OCH3 is 1. The Bertz CT molecular complexity index is 729. The molecule has 0 aliphatic heterocycles. The molecule has 1 aliphatic carbocycles. The van der Waals surface area contributed by atoms with E-state index < -0.39 is 11.6 Å². The molecule has 0 saturated carbocycles. The van der Waals surface area contributed by atoms with Crippen molar-refractivity contribution in [2.75, 3.05) is 12.5 Å². The Hall–Kier alpha value is -2.43. The molecule has 0 radical (unpaired) electrons. The molecule has 3 nitrogen and oxygen atoms in total. The molecule has 0 amide bonds. The zero-order valence-corrected chi connectivity index (χ0v) is 12.2. The molecule has 22 heavy (non-hydrogen) atoms. The molecule has 3 rings (SSSR count). The summed E-state index contributed by atoms with van der Waals surface area (Å²) in [6.07, 6.45) is 2.76. The highest BCUT2D eigenvalue weighted by atomic mass is 19.1. The SMILES string of the molecule is COc1ccc2c(c1)CCCC2=NNc1ccc(F)cc1F. The standard InChI is InChI=1S/C17H16F2N2O/c1-22-13-6-7-14-11(9-13)3-2-4-16(14)20-21-17-8-5-12(18)10-15(17)19/h5-10,21H,2-4H2,1H3. The molecule has 0 bridgehead atoms. The summed E-state index contributed by atoms with van der Waals surface area (Å²) in [5, 5.41) is 4.30. The van der Waals surface area contributed by atoms with E-state index >= 15 is 0 Å². The number of fused-ring (bicyclic) bond motifs is 1. The Labute approximate surface area is 127 Å². The molecule has 0 heterocycles. The van der Waals surface area contributed by atoms with Gasteiger partial charge in [0.25, 0.3) is 0 Å². The lowest BCUT2D eigenvalue weighted by Gasteiger charge is -2.18. The van der Waals surface area contributed by atoms with Crippen LogP contribution < -0.4 is 10.2 Å². The second kappa shape index (κ2) is 6.13. The van der Waals surface area contributed by atoms with E-state index in [-0.39, 0.29) is 5.69 Å². The molecule has 114 valence electrons. The second-order valence-electron chi connectivity index (χ2n) is 5.17. The fourth-order valence-corrected chi connectivity index (χ4v) is 2.59. The minimum absolute atomic E-state index is 0.162. The van der Waals surface area contributed by atoms with E-state index in [9.17, 15) is 8.78 Å². The lowest BCUT2D eigenvalue weighted by Crippen LogP contribution is -2.14. The number of aryl methyl sites for hydroxylation is 1. The van der Waals surface area contributed by atoms with Crippen LogP contribution in [0.1, 0.15) is 24.0 Å². The summed E-state index contributed by atoms with van der Waals surface area (Å²) < 4.78 is 31.7. The van der Waals surface area contributed by atoms with Gasteiger partial charge in [0, 0.05) is 11.6 Å². The van der Waals surface area contributed by atoms with Gasteiger partial charge in [-0.05, 0) is 55.2 Å². The zero-order chi connectivity index (χ0) is 15.5. The van der Waals surface area contributed by atoms with Crippen molar-refractivity contribution in [3.05, 3.63) is 59.2 Å². The molecule has 0 unspecified atom stereocenters. The van der Waals surface area contributed by atoms with Crippen LogP contribution in [0.25, 0.3) is 0 Å². The fourth-order valence-electron chi connectivity index (χ4n) is 2.59. The van der Waals surface area contributed by atoms with Crippen molar-refractivity contribution in [2.24, 2.45) is 5.10 Å². The predicted octanol–water partition coefficient (Wildman–Crippen LogP) is 4.13. The van der Waals surface area contributed by atoms with Crippen LogP contribution in [0.2, 0.25) is 0 Å². The summed E-state index contributed by atoms with van der Waals surface area (Å²) in [6, 6.07) is 9.23. The summed E-state index contributed by atoms with van der Waals surface area (Å²) in [6.45, 7) is 0. The maximum Gasteiger partial charge on any atom is 0.151 e. The van der Waals surface area contributed by atoms with Gasteiger partial charge in [-0.2, -0.15) is 5.10 Å². The molecule has 1 aliphatic rings. The van der Waals surface area contributed by atoms with Crippen LogP contribution in [0, 0.1) is 11.6 Å². The monoisotopic (exact) mass is 302 g/mol. The van der Waals surface area contributed by atoms with Gasteiger partial charge in [0.05, 0.1) is 18.5 Å². The number of anilines is 1. The Morgan fingerprint density at radius 2 is 1.95 bits per heavy atom. The molecule has 0 spiro atoms. The van der Waals surface area contributed by atoms with Crippen LogP contribution in [0.4, 0.5) is 14.5 Å². The third-order valence-electron chi connectivity index (χ3n) is 3.73. The highest BCUT2D eigenvalue weighted by Gasteiger charge is 2.16. The Balaban J connectivity index is 1.87. The Kier molecular flexibility index (Phi) is 4.04. The molecule has 0 aromatic heterocycles. The van der Waals surface area contributed by atoms with Gasteiger partial charge in [-0.15, -0.1) is 0 Å². The molecule has 2 aromatic rings. The summed E-state index contributed by atoms with van der Waals surface area (Å²) in [4.78, 5) is 0. The van der Waals surface area contributed by atoms with Crippen molar-refractivity contribution in [1.29, 1.82) is 0 Å². The van der Waals surface area contributed by atoms with Crippen molar-refractivity contribution < 1.29 is 13.5 Å². The Morgan fingerprint density at radius 1 is 1.09 bits per heavy atom. The van der Waals surface area contributed by atoms with E-state index in [1.807, 2.05) is 18.2 Å². The van der Waals surface area contributed by atoms with Crippen molar-refractivity contribution in [3.63, 3.8) is 0 Å². The van der Waals surface area contributed by atoms with Crippen LogP contribution in [0.3, 0.4) is 0 Å². The predicted molar refractivity (Wildman–Crippen MR) is 82.4 cm³/mol. The largest absolute Gasteiger partial charge is 0.497 e. The van der Waals surface area contributed by atoms with Gasteiger partial charge in [-0.1, -0.05) is 0 Å². The summed E-state index contributed by atoms with van der Waals surface area (Å²) >= 11 is 0. The highest BCUT2D eigenvalue weighted by molar-refractivity contribution is 6.03.